The van der Waals surface area contributed by atoms with Gasteiger partial charge in [0.1, 0.15) is 23.0 Å². The maximum Gasteiger partial charge on any atom is 0.340 e. The molecule has 0 radical (unpaired) electrons. The monoisotopic (exact) mass is 463 g/mol. The standard InChI is InChI=1S/C20H12O5.CHNOS.Fe/c21-11-5-7-15-17(9-11)24-18-10-12(22)6-8-16(18)20(15)14-4-2-1-3-13(14)19(23)25-20;3-2-1-4;/h1-10,21-22H;2H;. The molecule has 0 aromatic heterocycles. The smallest absolute Gasteiger partial charge is 0.340 e. The first-order valence-corrected chi connectivity index (χ1v) is 8.84. The number of hydrogen-bond donors (Lipinski definition) is 3. The summed E-state index contributed by atoms with van der Waals surface area (Å²) in [5.74, 6) is 0.408. The van der Waals surface area contributed by atoms with Crippen molar-refractivity contribution in [2.24, 2.45) is 0 Å². The molecule has 30 heavy (non-hydrogen) atoms. The Balaban J connectivity index is 0.000000473. The number of fused-ring (bicyclic) bond motifs is 6. The summed E-state index contributed by atoms with van der Waals surface area (Å²) >= 11 is 3.88. The number of carbonyl (C=O) groups excluding carboxylic acids is 1. The van der Waals surface area contributed by atoms with Crippen molar-refractivity contribution >= 4 is 23.3 Å². The van der Waals surface area contributed by atoms with Crippen LogP contribution in [0.5, 0.6) is 23.0 Å². The number of phenolic OH excluding ortho intramolecular Hbond substituents is 2. The molecule has 0 aliphatic carbocycles. The number of thiocarbonyl (C=S) groups is 1. The van der Waals surface area contributed by atoms with Gasteiger partial charge in [-0.3, -0.25) is 0 Å². The Hall–Kier alpha value is -3.35. The van der Waals surface area contributed by atoms with Gasteiger partial charge >= 0.3 is 5.97 Å². The molecular weight excluding hydrogens is 450 g/mol. The Bertz CT molecular complexity index is 1140. The molecule has 0 saturated carbocycles. The molecule has 3 N–H and O–H groups in total. The maximum absolute atomic E-state index is 12.5. The number of carbonyl (C=O) groups is 1. The van der Waals surface area contributed by atoms with Crippen molar-refractivity contribution in [2.75, 3.05) is 0 Å². The van der Waals surface area contributed by atoms with Crippen LogP contribution in [0.15, 0.2) is 60.7 Å². The summed E-state index contributed by atoms with van der Waals surface area (Å²) in [6.45, 7) is 0. The third-order valence-corrected chi connectivity index (χ3v) is 4.81. The number of esters is 1. The van der Waals surface area contributed by atoms with Gasteiger partial charge in [-0.05, 0) is 30.3 Å². The quantitative estimate of drug-likeness (QED) is 0.117. The second-order valence-corrected chi connectivity index (χ2v) is 6.49. The van der Waals surface area contributed by atoms with E-state index < -0.39 is 11.6 Å². The summed E-state index contributed by atoms with van der Waals surface area (Å²) in [6, 6.07) is 16.6. The van der Waals surface area contributed by atoms with E-state index in [0.717, 1.165) is 0 Å². The number of benzene rings is 3. The molecule has 0 bridgehead atoms. The van der Waals surface area contributed by atoms with Crippen LogP contribution in [0.25, 0.3) is 0 Å². The summed E-state index contributed by atoms with van der Waals surface area (Å²) in [7, 11) is 0. The van der Waals surface area contributed by atoms with E-state index in [9.17, 15) is 15.0 Å². The molecule has 3 aromatic carbocycles. The molecule has 0 unspecified atom stereocenters. The minimum atomic E-state index is -1.17. The van der Waals surface area contributed by atoms with E-state index in [4.69, 9.17) is 14.7 Å². The van der Waals surface area contributed by atoms with Crippen molar-refractivity contribution in [3.63, 3.8) is 0 Å². The van der Waals surface area contributed by atoms with Gasteiger partial charge in [-0.25, -0.2) is 4.79 Å². The van der Waals surface area contributed by atoms with Crippen LogP contribution in [-0.2, 0) is 27.4 Å². The van der Waals surface area contributed by atoms with Crippen LogP contribution in [-0.4, -0.2) is 21.3 Å². The van der Waals surface area contributed by atoms with Gasteiger partial charge in [0, 0.05) is 58.1 Å². The molecule has 3 aromatic rings. The van der Waals surface area contributed by atoms with E-state index in [1.807, 2.05) is 12.1 Å². The van der Waals surface area contributed by atoms with E-state index >= 15 is 0 Å². The topological polar surface area (TPSA) is 113 Å². The molecule has 9 heteroatoms. The zero-order valence-corrected chi connectivity index (χ0v) is 17.0. The molecule has 2 aliphatic heterocycles. The van der Waals surface area contributed by atoms with Gasteiger partial charge in [0.15, 0.2) is 5.60 Å². The Morgan fingerprint density at radius 3 is 2.00 bits per heavy atom. The van der Waals surface area contributed by atoms with Crippen LogP contribution in [0.3, 0.4) is 0 Å². The van der Waals surface area contributed by atoms with Crippen molar-refractivity contribution in [2.45, 2.75) is 5.60 Å². The fourth-order valence-corrected chi connectivity index (χ4v) is 3.65. The summed E-state index contributed by atoms with van der Waals surface area (Å²) < 4.78 is 11.8. The zero-order chi connectivity index (χ0) is 20.6. The van der Waals surface area contributed by atoms with Gasteiger partial charge in [0.05, 0.1) is 5.56 Å². The van der Waals surface area contributed by atoms with E-state index in [2.05, 4.69) is 12.2 Å². The van der Waals surface area contributed by atoms with E-state index in [1.54, 1.807) is 29.4 Å². The Morgan fingerprint density at radius 1 is 0.933 bits per heavy atom. The number of ether oxygens (including phenoxy) is 2. The number of aromatic hydroxyl groups is 2. The second kappa shape index (κ2) is 8.18. The van der Waals surface area contributed by atoms with Crippen molar-refractivity contribution in [1.82, 2.24) is 0 Å². The van der Waals surface area contributed by atoms with Crippen LogP contribution < -0.4 is 9.89 Å². The first-order chi connectivity index (χ1) is 14.0. The maximum atomic E-state index is 12.5. The van der Waals surface area contributed by atoms with Crippen molar-refractivity contribution < 1.29 is 46.7 Å². The molecule has 1 spiro atoms. The summed E-state index contributed by atoms with van der Waals surface area (Å²) in [6.07, 6.45) is 0. The number of rotatable bonds is 0. The fourth-order valence-electron chi connectivity index (χ4n) is 3.65. The fraction of sp³-hybridized carbons (Fsp3) is 0.0476. The van der Waals surface area contributed by atoms with Crippen LogP contribution in [0, 0.1) is 5.21 Å². The minimum absolute atomic E-state index is 0. The van der Waals surface area contributed by atoms with Crippen LogP contribution >= 0.6 is 12.2 Å². The van der Waals surface area contributed by atoms with Crippen molar-refractivity contribution in [3.05, 3.63) is 88.1 Å². The average molecular weight is 463 g/mol. The van der Waals surface area contributed by atoms with Crippen LogP contribution in [0.2, 0.25) is 0 Å². The van der Waals surface area contributed by atoms with E-state index in [-0.39, 0.29) is 28.6 Å². The van der Waals surface area contributed by atoms with Gasteiger partial charge < -0.3 is 24.9 Å². The van der Waals surface area contributed by atoms with Gasteiger partial charge in [0.25, 0.3) is 5.16 Å². The van der Waals surface area contributed by atoms with Crippen molar-refractivity contribution in [3.8, 4) is 23.0 Å². The Labute approximate surface area is 186 Å². The number of phenols is 2. The average Bonchev–Trinajstić information content (AvgIpc) is 3.01. The van der Waals surface area contributed by atoms with Gasteiger partial charge in [0.2, 0.25) is 0 Å². The summed E-state index contributed by atoms with van der Waals surface area (Å²) in [5, 5.41) is 31.5. The Kier molecular flexibility index (Phi) is 5.82. The van der Waals surface area contributed by atoms with Gasteiger partial charge in [-0.15, -0.1) is 0 Å². The third kappa shape index (κ3) is 3.20. The second-order valence-electron chi connectivity index (χ2n) is 6.28. The normalized spacial score (nSPS) is 13.7. The van der Waals surface area contributed by atoms with Gasteiger partial charge in [-0.1, -0.05) is 18.2 Å². The number of hydrogen-bond acceptors (Lipinski definition) is 7. The molecule has 7 nitrogen and oxygen atoms in total. The SMILES string of the molecule is O=C1OC2(c3ccc(O)cc3Oc3cc(O)ccc32)c2ccccc21.[Fe].[O-][NH+]=C=S. The Morgan fingerprint density at radius 2 is 1.47 bits per heavy atom. The number of isothiocyanates is 1. The minimum Gasteiger partial charge on any atom is -0.616 e. The summed E-state index contributed by atoms with van der Waals surface area (Å²) in [4.78, 5) is 12.5. The van der Waals surface area contributed by atoms with Gasteiger partial charge in [-0.2, -0.15) is 5.16 Å². The predicted molar refractivity (Wildman–Crippen MR) is 105 cm³/mol. The molecule has 5 rings (SSSR count). The largest absolute Gasteiger partial charge is 0.616 e. The molecule has 152 valence electrons. The zero-order valence-electron chi connectivity index (χ0n) is 15.1. The molecule has 0 fully saturated rings. The molecule has 2 heterocycles. The molecule has 0 saturated heterocycles. The molecule has 0 atom stereocenters. The van der Waals surface area contributed by atoms with Crippen LogP contribution in [0.4, 0.5) is 0 Å². The van der Waals surface area contributed by atoms with Crippen LogP contribution in [0.1, 0.15) is 27.0 Å². The van der Waals surface area contributed by atoms with Crippen molar-refractivity contribution in [1.29, 1.82) is 0 Å². The first kappa shape index (κ1) is 21.4. The summed E-state index contributed by atoms with van der Waals surface area (Å²) in [5.41, 5.74) is 1.28. The van der Waals surface area contributed by atoms with E-state index in [0.29, 0.717) is 33.8 Å². The first-order valence-electron chi connectivity index (χ1n) is 8.43. The number of nitrogens with one attached hydrogen (secondary N) is 1. The predicted octanol–water partition coefficient (Wildman–Crippen LogP) is 2.33. The van der Waals surface area contributed by atoms with E-state index in [1.165, 1.54) is 29.4 Å². The molecule has 2 aliphatic rings. The molecule has 0 amide bonds. The molecular formula is C21H13FeNO6S. The third-order valence-electron chi connectivity index (χ3n) is 4.72.